The lowest BCUT2D eigenvalue weighted by molar-refractivity contribution is 0.415. The van der Waals surface area contributed by atoms with Gasteiger partial charge in [-0.15, -0.1) is 0 Å². The molecule has 3 rings (SSSR count). The summed E-state index contributed by atoms with van der Waals surface area (Å²) >= 11 is 3.41. The van der Waals surface area contributed by atoms with Gasteiger partial charge in [0.1, 0.15) is 5.75 Å². The van der Waals surface area contributed by atoms with E-state index in [-0.39, 0.29) is 11.5 Å². The summed E-state index contributed by atoms with van der Waals surface area (Å²) in [6, 6.07) is 5.42. The van der Waals surface area contributed by atoms with E-state index in [0.29, 0.717) is 23.7 Å². The van der Waals surface area contributed by atoms with Crippen molar-refractivity contribution >= 4 is 15.9 Å². The number of benzene rings is 1. The molecule has 0 unspecified atom stereocenters. The maximum Gasteiger partial charge on any atom is 0.352 e. The zero-order chi connectivity index (χ0) is 17.4. The van der Waals surface area contributed by atoms with Gasteiger partial charge in [0.05, 0.1) is 12.7 Å². The highest BCUT2D eigenvalue weighted by atomic mass is 79.9. The molecule has 2 heterocycles. The van der Waals surface area contributed by atoms with E-state index >= 15 is 0 Å². The van der Waals surface area contributed by atoms with Gasteiger partial charge in [-0.2, -0.15) is 10.1 Å². The van der Waals surface area contributed by atoms with Crippen LogP contribution in [-0.2, 0) is 13.6 Å². The molecule has 124 valence electrons. The molecular weight excluding hydrogens is 378 g/mol. The predicted molar refractivity (Wildman–Crippen MR) is 91.3 cm³/mol. The number of rotatable bonds is 3. The van der Waals surface area contributed by atoms with E-state index in [4.69, 9.17) is 4.74 Å². The first-order valence-corrected chi connectivity index (χ1v) is 7.95. The van der Waals surface area contributed by atoms with Gasteiger partial charge in [-0.25, -0.2) is 14.5 Å². The van der Waals surface area contributed by atoms with Crippen molar-refractivity contribution in [1.82, 2.24) is 24.3 Å². The Hall–Kier alpha value is -2.55. The van der Waals surface area contributed by atoms with E-state index in [1.165, 1.54) is 11.7 Å². The quantitative estimate of drug-likeness (QED) is 0.667. The molecule has 0 radical (unpaired) electrons. The second-order valence-electron chi connectivity index (χ2n) is 5.03. The third kappa shape index (κ3) is 2.60. The molecule has 0 saturated carbocycles. The third-order valence-corrected chi connectivity index (χ3v) is 4.08. The Morgan fingerprint density at radius 2 is 2.00 bits per heavy atom. The average Bonchev–Trinajstić information content (AvgIpc) is 2.59. The summed E-state index contributed by atoms with van der Waals surface area (Å²) in [6.07, 6.45) is 0. The molecule has 1 aromatic rings. The van der Waals surface area contributed by atoms with Crippen LogP contribution in [0.5, 0.6) is 5.75 Å². The number of aryl methyl sites for hydroxylation is 1. The van der Waals surface area contributed by atoms with Crippen LogP contribution in [0.1, 0.15) is 6.92 Å². The van der Waals surface area contributed by atoms with Crippen molar-refractivity contribution in [2.24, 2.45) is 7.05 Å². The minimum atomic E-state index is -0.633. The number of fused-ring (bicyclic) bond motifs is 1. The Kier molecular flexibility index (Phi) is 4.18. The minimum absolute atomic E-state index is 0.0889. The van der Waals surface area contributed by atoms with Gasteiger partial charge in [0.2, 0.25) is 0 Å². The number of methoxy groups -OCH3 is 1. The van der Waals surface area contributed by atoms with Gasteiger partial charge in [0.25, 0.3) is 5.56 Å². The summed E-state index contributed by atoms with van der Waals surface area (Å²) in [5.41, 5.74) is -0.425. The topological polar surface area (TPSA) is 91.9 Å². The van der Waals surface area contributed by atoms with Crippen LogP contribution in [0.15, 0.2) is 32.3 Å². The Balaban J connectivity index is 2.40. The molecule has 0 amide bonds. The fraction of sp³-hybridized carbons (Fsp3) is 0.267. The van der Waals surface area contributed by atoms with Gasteiger partial charge >= 0.3 is 5.69 Å². The lowest BCUT2D eigenvalue weighted by atomic mass is 10.2. The van der Waals surface area contributed by atoms with Crippen molar-refractivity contribution in [1.29, 1.82) is 0 Å². The van der Waals surface area contributed by atoms with E-state index < -0.39 is 11.2 Å². The minimum Gasteiger partial charge on any atom is -0.496 e. The maximum absolute atomic E-state index is 12.4. The Labute approximate surface area is 145 Å². The van der Waals surface area contributed by atoms with Crippen LogP contribution in [0.2, 0.25) is 0 Å². The van der Waals surface area contributed by atoms with Gasteiger partial charge in [0.15, 0.2) is 17.3 Å². The fourth-order valence-corrected chi connectivity index (χ4v) is 2.68. The smallest absolute Gasteiger partial charge is 0.352 e. The van der Waals surface area contributed by atoms with Crippen molar-refractivity contribution in [3.05, 3.63) is 43.5 Å². The zero-order valence-electron chi connectivity index (χ0n) is 13.3. The number of ether oxygens (including phenoxy) is 1. The van der Waals surface area contributed by atoms with Crippen LogP contribution in [0, 0.1) is 0 Å². The zero-order valence-corrected chi connectivity index (χ0v) is 14.9. The van der Waals surface area contributed by atoms with Crippen LogP contribution >= 0.6 is 15.9 Å². The molecule has 0 atom stereocenters. The number of aromatic nitrogens is 5. The number of halogens is 1. The largest absolute Gasteiger partial charge is 0.496 e. The van der Waals surface area contributed by atoms with Crippen molar-refractivity contribution in [2.75, 3.05) is 7.11 Å². The molecule has 0 aromatic heterocycles. The Morgan fingerprint density at radius 1 is 1.25 bits per heavy atom. The highest BCUT2D eigenvalue weighted by Gasteiger charge is 2.21. The van der Waals surface area contributed by atoms with Gasteiger partial charge in [-0.05, 0) is 25.1 Å². The van der Waals surface area contributed by atoms with Gasteiger partial charge in [-0.1, -0.05) is 15.9 Å². The highest BCUT2D eigenvalue weighted by molar-refractivity contribution is 9.10. The molecule has 2 aliphatic heterocycles. The first kappa shape index (κ1) is 16.3. The fourth-order valence-electron chi connectivity index (χ4n) is 2.32. The molecule has 1 aromatic carbocycles. The number of hydrogen-bond acceptors (Lipinski definition) is 6. The third-order valence-electron chi connectivity index (χ3n) is 3.59. The molecule has 0 spiro atoms. The second-order valence-corrected chi connectivity index (χ2v) is 5.94. The summed E-state index contributed by atoms with van der Waals surface area (Å²) in [5.74, 6) is 1.06. The molecule has 24 heavy (non-hydrogen) atoms. The Bertz CT molecular complexity index is 1010. The maximum atomic E-state index is 12.4. The van der Waals surface area contributed by atoms with Gasteiger partial charge in [-0.3, -0.25) is 9.36 Å². The molecule has 0 saturated heterocycles. The van der Waals surface area contributed by atoms with Crippen LogP contribution < -0.4 is 16.0 Å². The number of hydrogen-bond donors (Lipinski definition) is 0. The van der Waals surface area contributed by atoms with Crippen molar-refractivity contribution in [3.8, 4) is 28.7 Å². The van der Waals surface area contributed by atoms with E-state index in [2.05, 4.69) is 31.0 Å². The molecule has 0 N–H and O–H groups in total. The molecule has 0 aliphatic carbocycles. The molecule has 2 aliphatic rings. The summed E-state index contributed by atoms with van der Waals surface area (Å²) < 4.78 is 8.59. The highest BCUT2D eigenvalue weighted by Crippen LogP contribution is 2.31. The van der Waals surface area contributed by atoms with Gasteiger partial charge in [0, 0.05) is 18.1 Å². The van der Waals surface area contributed by atoms with Crippen LogP contribution in [-0.4, -0.2) is 31.4 Å². The predicted octanol–water partition coefficient (Wildman–Crippen LogP) is 1.29. The van der Waals surface area contributed by atoms with Gasteiger partial charge < -0.3 is 4.74 Å². The molecule has 9 heteroatoms. The van der Waals surface area contributed by atoms with E-state index in [0.717, 1.165) is 9.04 Å². The average molecular weight is 392 g/mol. The lowest BCUT2D eigenvalue weighted by Gasteiger charge is -2.14. The monoisotopic (exact) mass is 391 g/mol. The molecule has 8 nitrogen and oxygen atoms in total. The van der Waals surface area contributed by atoms with Crippen molar-refractivity contribution < 1.29 is 4.74 Å². The van der Waals surface area contributed by atoms with E-state index in [1.807, 2.05) is 13.0 Å². The standard InChI is InChI=1S/C15H14BrN5O3/c1-4-21-13-11(14(22)20(2)15(23)18-13)17-12(19-21)9-7-8(16)5-6-10(9)24-3/h5-7H,4H2,1-3H3. The van der Waals surface area contributed by atoms with Crippen molar-refractivity contribution in [2.45, 2.75) is 13.5 Å². The summed E-state index contributed by atoms with van der Waals surface area (Å²) in [5, 5.41) is 4.41. The summed E-state index contributed by atoms with van der Waals surface area (Å²) in [4.78, 5) is 32.4. The number of nitrogens with zero attached hydrogens (tertiary/aromatic N) is 5. The van der Waals surface area contributed by atoms with Crippen LogP contribution in [0.25, 0.3) is 22.9 Å². The Morgan fingerprint density at radius 3 is 2.67 bits per heavy atom. The first-order valence-electron chi connectivity index (χ1n) is 7.16. The molecule has 0 fully saturated rings. The lowest BCUT2D eigenvalue weighted by Crippen LogP contribution is -2.37. The van der Waals surface area contributed by atoms with Crippen LogP contribution in [0.3, 0.4) is 0 Å². The first-order chi connectivity index (χ1) is 11.5. The van der Waals surface area contributed by atoms with Crippen LogP contribution in [0.4, 0.5) is 0 Å². The summed E-state index contributed by atoms with van der Waals surface area (Å²) in [6.45, 7) is 2.28. The van der Waals surface area contributed by atoms with Crippen molar-refractivity contribution in [3.63, 3.8) is 0 Å². The summed E-state index contributed by atoms with van der Waals surface area (Å²) in [7, 11) is 2.92. The second kappa shape index (κ2) is 6.16. The molecular formula is C15H14BrN5O3. The normalized spacial score (nSPS) is 11.0. The molecule has 0 bridgehead atoms. The van der Waals surface area contributed by atoms with E-state index in [1.54, 1.807) is 19.2 Å². The SMILES string of the molecule is CCn1nc(-c2cc(Br)ccc2OC)nc2c(=O)n(C)c(=O)nc1-2. The van der Waals surface area contributed by atoms with E-state index in [9.17, 15) is 9.59 Å².